The second kappa shape index (κ2) is 9.00. The molecular formula is C24H25N2OS+. The maximum atomic E-state index is 12.8. The van der Waals surface area contributed by atoms with Gasteiger partial charge in [-0.25, -0.2) is 0 Å². The van der Waals surface area contributed by atoms with Crippen LogP contribution in [0, 0.1) is 0 Å². The lowest BCUT2D eigenvalue weighted by Gasteiger charge is -2.25. The lowest BCUT2D eigenvalue weighted by Crippen LogP contribution is -3.13. The summed E-state index contributed by atoms with van der Waals surface area (Å²) >= 11 is 1.68. The number of benzene rings is 2. The quantitative estimate of drug-likeness (QED) is 0.666. The molecule has 3 nitrogen and oxygen atoms in total. The van der Waals surface area contributed by atoms with Crippen LogP contribution in [-0.4, -0.2) is 25.5 Å². The van der Waals surface area contributed by atoms with Crippen molar-refractivity contribution >= 4 is 22.8 Å². The van der Waals surface area contributed by atoms with E-state index in [-0.39, 0.29) is 11.9 Å². The van der Waals surface area contributed by atoms with E-state index in [4.69, 9.17) is 0 Å². The minimum atomic E-state index is -0.0756. The van der Waals surface area contributed by atoms with Crippen LogP contribution in [0.1, 0.15) is 28.5 Å². The molecule has 2 heterocycles. The number of hydrogen-bond acceptors (Lipinski definition) is 2. The third-order valence-electron chi connectivity index (χ3n) is 5.21. The van der Waals surface area contributed by atoms with Gasteiger partial charge >= 0.3 is 0 Å². The van der Waals surface area contributed by atoms with Crippen LogP contribution in [0.2, 0.25) is 0 Å². The summed E-state index contributed by atoms with van der Waals surface area (Å²) in [5.74, 6) is 0.105. The van der Waals surface area contributed by atoms with Crippen molar-refractivity contribution in [2.45, 2.75) is 12.5 Å². The van der Waals surface area contributed by atoms with E-state index in [0.29, 0.717) is 6.54 Å². The van der Waals surface area contributed by atoms with Crippen LogP contribution < -0.4 is 10.2 Å². The normalized spacial score (nSPS) is 17.6. The smallest absolute Gasteiger partial charge is 0.275 e. The van der Waals surface area contributed by atoms with Gasteiger partial charge in [0.25, 0.3) is 5.91 Å². The summed E-state index contributed by atoms with van der Waals surface area (Å²) in [6, 6.07) is 24.8. The average molecular weight is 390 g/mol. The summed E-state index contributed by atoms with van der Waals surface area (Å²) in [5.41, 5.74) is 3.82. The maximum Gasteiger partial charge on any atom is 0.275 e. The molecule has 4 heteroatoms. The SMILES string of the molecule is O=C(C[NH+]1CC=C(c2ccccc2)CC1)N[C@@H](c1ccccc1)c1cccs1. The molecule has 4 rings (SSSR count). The Morgan fingerprint density at radius 3 is 2.39 bits per heavy atom. The monoisotopic (exact) mass is 389 g/mol. The number of quaternary nitrogens is 1. The predicted molar refractivity (Wildman–Crippen MR) is 115 cm³/mol. The summed E-state index contributed by atoms with van der Waals surface area (Å²) in [5, 5.41) is 5.31. The second-order valence-corrected chi connectivity index (χ2v) is 8.13. The van der Waals surface area contributed by atoms with Gasteiger partial charge < -0.3 is 10.2 Å². The number of nitrogens with one attached hydrogen (secondary N) is 2. The number of hydrogen-bond donors (Lipinski definition) is 2. The van der Waals surface area contributed by atoms with Crippen LogP contribution in [0.4, 0.5) is 0 Å². The molecule has 1 aromatic heterocycles. The van der Waals surface area contributed by atoms with Crippen molar-refractivity contribution in [3.8, 4) is 0 Å². The molecule has 0 fully saturated rings. The lowest BCUT2D eigenvalue weighted by atomic mass is 9.99. The van der Waals surface area contributed by atoms with E-state index in [1.54, 1.807) is 11.3 Å². The molecule has 0 aliphatic carbocycles. The van der Waals surface area contributed by atoms with Gasteiger partial charge in [-0.2, -0.15) is 0 Å². The van der Waals surface area contributed by atoms with Crippen LogP contribution >= 0.6 is 11.3 Å². The Kier molecular flexibility index (Phi) is 6.00. The molecule has 1 aliphatic rings. The fraction of sp³-hybridized carbons (Fsp3) is 0.208. The van der Waals surface area contributed by atoms with Gasteiger partial charge in [-0.1, -0.05) is 66.7 Å². The highest BCUT2D eigenvalue weighted by atomic mass is 32.1. The topological polar surface area (TPSA) is 33.5 Å². The Labute approximate surface area is 170 Å². The van der Waals surface area contributed by atoms with E-state index in [2.05, 4.69) is 59.2 Å². The highest BCUT2D eigenvalue weighted by Gasteiger charge is 2.22. The molecule has 2 N–H and O–H groups in total. The Morgan fingerprint density at radius 1 is 1.00 bits per heavy atom. The van der Waals surface area contributed by atoms with Crippen LogP contribution in [0.25, 0.3) is 5.57 Å². The molecule has 0 radical (unpaired) electrons. The Morgan fingerprint density at radius 2 is 1.75 bits per heavy atom. The fourth-order valence-electron chi connectivity index (χ4n) is 3.72. The summed E-state index contributed by atoms with van der Waals surface area (Å²) in [4.78, 5) is 15.3. The zero-order valence-electron chi connectivity index (χ0n) is 15.8. The van der Waals surface area contributed by atoms with E-state index >= 15 is 0 Å². The minimum Gasteiger partial charge on any atom is -0.339 e. The Hall–Kier alpha value is -2.69. The van der Waals surface area contributed by atoms with Gasteiger partial charge in [0, 0.05) is 11.3 Å². The minimum absolute atomic E-state index is 0.0756. The van der Waals surface area contributed by atoms with Crippen LogP contribution in [0.5, 0.6) is 0 Å². The zero-order chi connectivity index (χ0) is 19.2. The van der Waals surface area contributed by atoms with Crippen molar-refractivity contribution in [1.82, 2.24) is 5.32 Å². The number of thiophene rings is 1. The van der Waals surface area contributed by atoms with Crippen LogP contribution in [0.3, 0.4) is 0 Å². The Balaban J connectivity index is 1.39. The van der Waals surface area contributed by atoms with E-state index in [1.807, 2.05) is 30.3 Å². The van der Waals surface area contributed by atoms with Gasteiger partial charge in [-0.05, 0) is 34.2 Å². The highest BCUT2D eigenvalue weighted by Crippen LogP contribution is 2.25. The van der Waals surface area contributed by atoms with Gasteiger partial charge in [0.15, 0.2) is 6.54 Å². The standard InChI is InChI=1S/C24H24N2OS/c27-23(18-26-15-13-20(14-16-26)19-8-3-1-4-9-19)25-24(22-12-7-17-28-22)21-10-5-2-6-11-21/h1-13,17,24H,14-16,18H2,(H,25,27)/p+1/t24-/m0/s1. The molecule has 2 aromatic carbocycles. The molecule has 0 bridgehead atoms. The van der Waals surface area contributed by atoms with Gasteiger partial charge in [-0.3, -0.25) is 4.79 Å². The largest absolute Gasteiger partial charge is 0.339 e. The molecule has 28 heavy (non-hydrogen) atoms. The molecule has 1 unspecified atom stereocenters. The van der Waals surface area contributed by atoms with E-state index < -0.39 is 0 Å². The fourth-order valence-corrected chi connectivity index (χ4v) is 4.52. The number of carbonyl (C=O) groups is 1. The van der Waals surface area contributed by atoms with Crippen LogP contribution in [0.15, 0.2) is 84.3 Å². The lowest BCUT2D eigenvalue weighted by molar-refractivity contribution is -0.886. The van der Waals surface area contributed by atoms with Gasteiger partial charge in [0.05, 0.1) is 19.1 Å². The van der Waals surface area contributed by atoms with Gasteiger partial charge in [0.2, 0.25) is 0 Å². The molecule has 0 saturated carbocycles. The number of carbonyl (C=O) groups excluding carboxylic acids is 1. The summed E-state index contributed by atoms with van der Waals surface area (Å²) in [6.45, 7) is 2.39. The first-order valence-electron chi connectivity index (χ1n) is 9.75. The van der Waals surface area contributed by atoms with Crippen molar-refractivity contribution in [1.29, 1.82) is 0 Å². The van der Waals surface area contributed by atoms with E-state index in [0.717, 1.165) is 25.1 Å². The molecule has 142 valence electrons. The molecule has 1 aliphatic heterocycles. The van der Waals surface area contributed by atoms with Crippen molar-refractivity contribution in [3.05, 3.63) is 100 Å². The second-order valence-electron chi connectivity index (χ2n) is 7.15. The molecule has 2 atom stereocenters. The molecular weight excluding hydrogens is 364 g/mol. The number of amides is 1. The predicted octanol–water partition coefficient (Wildman–Crippen LogP) is 3.33. The molecule has 1 amide bonds. The van der Waals surface area contributed by atoms with E-state index in [9.17, 15) is 4.79 Å². The third-order valence-corrected chi connectivity index (χ3v) is 6.14. The molecule has 0 saturated heterocycles. The Bertz CT molecular complexity index is 920. The third kappa shape index (κ3) is 4.58. The van der Waals surface area contributed by atoms with Crippen molar-refractivity contribution < 1.29 is 9.69 Å². The van der Waals surface area contributed by atoms with Crippen molar-refractivity contribution in [2.24, 2.45) is 0 Å². The number of rotatable bonds is 6. The summed E-state index contributed by atoms with van der Waals surface area (Å²) in [7, 11) is 0. The average Bonchev–Trinajstić information content (AvgIpc) is 3.28. The van der Waals surface area contributed by atoms with E-state index in [1.165, 1.54) is 20.9 Å². The highest BCUT2D eigenvalue weighted by molar-refractivity contribution is 7.10. The maximum absolute atomic E-state index is 12.8. The zero-order valence-corrected chi connectivity index (χ0v) is 16.6. The first kappa shape index (κ1) is 18.7. The summed E-state index contributed by atoms with van der Waals surface area (Å²) in [6.07, 6.45) is 3.30. The van der Waals surface area contributed by atoms with Crippen LogP contribution in [-0.2, 0) is 4.79 Å². The summed E-state index contributed by atoms with van der Waals surface area (Å²) < 4.78 is 0. The van der Waals surface area contributed by atoms with Gasteiger partial charge in [-0.15, -0.1) is 11.3 Å². The molecule has 3 aromatic rings. The van der Waals surface area contributed by atoms with Crippen molar-refractivity contribution in [2.75, 3.05) is 19.6 Å². The molecule has 0 spiro atoms. The van der Waals surface area contributed by atoms with Gasteiger partial charge in [0.1, 0.15) is 0 Å². The first-order chi connectivity index (χ1) is 13.8. The van der Waals surface area contributed by atoms with Crippen molar-refractivity contribution in [3.63, 3.8) is 0 Å². The first-order valence-corrected chi connectivity index (χ1v) is 10.6.